The first-order chi connectivity index (χ1) is 8.72. The average molecular weight is 250 g/mol. The largest absolute Gasteiger partial charge is 0.497 e. The molecule has 18 heavy (non-hydrogen) atoms. The van der Waals surface area contributed by atoms with E-state index >= 15 is 0 Å². The second-order valence-corrected chi connectivity index (χ2v) is 4.50. The molecule has 1 aliphatic heterocycles. The molecule has 1 aromatic rings. The molecule has 0 aliphatic carbocycles. The fourth-order valence-electron chi connectivity index (χ4n) is 2.38. The van der Waals surface area contributed by atoms with E-state index in [1.807, 2.05) is 18.2 Å². The van der Waals surface area contributed by atoms with Crippen LogP contribution >= 0.6 is 0 Å². The maximum atomic E-state index is 11.5. The van der Waals surface area contributed by atoms with Gasteiger partial charge < -0.3 is 14.6 Å². The van der Waals surface area contributed by atoms with Crippen LogP contribution in [0.25, 0.3) is 0 Å². The van der Waals surface area contributed by atoms with E-state index in [2.05, 4.69) is 0 Å². The van der Waals surface area contributed by atoms with E-state index in [1.54, 1.807) is 13.2 Å². The first kappa shape index (κ1) is 12.9. The lowest BCUT2D eigenvalue weighted by atomic mass is 9.89. The van der Waals surface area contributed by atoms with Crippen LogP contribution in [0.3, 0.4) is 0 Å². The standard InChI is InChI=1S/C14H18O4/c1-17-11-6-4-5-10(9-11)13(14(15)16)12-7-2-3-8-18-12/h4-6,9,12-13H,2-3,7-8H2,1H3,(H,15,16). The Morgan fingerprint density at radius 3 is 2.94 bits per heavy atom. The highest BCUT2D eigenvalue weighted by molar-refractivity contribution is 5.77. The Morgan fingerprint density at radius 2 is 2.33 bits per heavy atom. The molecule has 0 bridgehead atoms. The monoisotopic (exact) mass is 250 g/mol. The Hall–Kier alpha value is -1.55. The molecule has 0 spiro atoms. The highest BCUT2D eigenvalue weighted by Crippen LogP contribution is 2.30. The number of methoxy groups -OCH3 is 1. The summed E-state index contributed by atoms with van der Waals surface area (Å²) in [6, 6.07) is 7.22. The van der Waals surface area contributed by atoms with Gasteiger partial charge in [0.15, 0.2) is 0 Å². The fraction of sp³-hybridized carbons (Fsp3) is 0.500. The van der Waals surface area contributed by atoms with Crippen molar-refractivity contribution in [2.24, 2.45) is 0 Å². The van der Waals surface area contributed by atoms with Crippen molar-refractivity contribution in [2.45, 2.75) is 31.3 Å². The molecule has 2 unspecified atom stereocenters. The molecule has 2 rings (SSSR count). The second kappa shape index (κ2) is 5.87. The van der Waals surface area contributed by atoms with Crippen molar-refractivity contribution in [3.05, 3.63) is 29.8 Å². The number of benzene rings is 1. The van der Waals surface area contributed by atoms with Crippen molar-refractivity contribution >= 4 is 5.97 Å². The summed E-state index contributed by atoms with van der Waals surface area (Å²) >= 11 is 0. The summed E-state index contributed by atoms with van der Waals surface area (Å²) < 4.78 is 10.7. The third-order valence-electron chi connectivity index (χ3n) is 3.31. The Bertz CT molecular complexity index is 410. The van der Waals surface area contributed by atoms with Gasteiger partial charge in [-0.25, -0.2) is 0 Å². The quantitative estimate of drug-likeness (QED) is 0.891. The molecular weight excluding hydrogens is 232 g/mol. The number of rotatable bonds is 4. The van der Waals surface area contributed by atoms with Crippen LogP contribution in [0, 0.1) is 0 Å². The summed E-state index contributed by atoms with van der Waals surface area (Å²) in [4.78, 5) is 11.5. The van der Waals surface area contributed by atoms with E-state index in [0.29, 0.717) is 12.4 Å². The van der Waals surface area contributed by atoms with Crippen molar-refractivity contribution in [3.8, 4) is 5.75 Å². The number of carboxylic acids is 1. The zero-order chi connectivity index (χ0) is 13.0. The molecule has 1 fully saturated rings. The van der Waals surface area contributed by atoms with E-state index in [0.717, 1.165) is 24.8 Å². The zero-order valence-corrected chi connectivity index (χ0v) is 10.5. The molecule has 1 aliphatic rings. The molecule has 0 amide bonds. The molecule has 1 saturated heterocycles. The van der Waals surface area contributed by atoms with Gasteiger partial charge in [0, 0.05) is 6.61 Å². The second-order valence-electron chi connectivity index (χ2n) is 4.50. The van der Waals surface area contributed by atoms with Crippen molar-refractivity contribution in [1.82, 2.24) is 0 Å². The van der Waals surface area contributed by atoms with Crippen LogP contribution in [0.4, 0.5) is 0 Å². The molecule has 4 nitrogen and oxygen atoms in total. The maximum absolute atomic E-state index is 11.5. The van der Waals surface area contributed by atoms with Crippen molar-refractivity contribution < 1.29 is 19.4 Å². The predicted octanol–water partition coefficient (Wildman–Crippen LogP) is 2.43. The van der Waals surface area contributed by atoms with Gasteiger partial charge in [0.05, 0.1) is 13.2 Å². The molecule has 1 aromatic carbocycles. The van der Waals surface area contributed by atoms with Gasteiger partial charge in [-0.2, -0.15) is 0 Å². The molecule has 98 valence electrons. The topological polar surface area (TPSA) is 55.8 Å². The van der Waals surface area contributed by atoms with Gasteiger partial charge in [0.25, 0.3) is 0 Å². The molecule has 2 atom stereocenters. The van der Waals surface area contributed by atoms with Gasteiger partial charge in [0.1, 0.15) is 11.7 Å². The Balaban J connectivity index is 2.25. The number of hydrogen-bond acceptors (Lipinski definition) is 3. The third kappa shape index (κ3) is 2.82. The van der Waals surface area contributed by atoms with Gasteiger partial charge in [-0.05, 0) is 37.0 Å². The summed E-state index contributed by atoms with van der Waals surface area (Å²) in [5.74, 6) is -0.773. The van der Waals surface area contributed by atoms with Crippen LogP contribution in [0.2, 0.25) is 0 Å². The van der Waals surface area contributed by atoms with Crippen molar-refractivity contribution in [2.75, 3.05) is 13.7 Å². The Morgan fingerprint density at radius 1 is 1.50 bits per heavy atom. The third-order valence-corrected chi connectivity index (χ3v) is 3.31. The normalized spacial score (nSPS) is 21.3. The van der Waals surface area contributed by atoms with E-state index in [4.69, 9.17) is 9.47 Å². The number of ether oxygens (including phenoxy) is 2. The highest BCUT2D eigenvalue weighted by Gasteiger charge is 2.32. The van der Waals surface area contributed by atoms with Crippen LogP contribution < -0.4 is 4.74 Å². The van der Waals surface area contributed by atoms with Crippen molar-refractivity contribution in [3.63, 3.8) is 0 Å². The van der Waals surface area contributed by atoms with Crippen LogP contribution in [0.1, 0.15) is 30.7 Å². The first-order valence-corrected chi connectivity index (χ1v) is 6.20. The molecule has 0 saturated carbocycles. The predicted molar refractivity (Wildman–Crippen MR) is 67.0 cm³/mol. The van der Waals surface area contributed by atoms with E-state index in [9.17, 15) is 9.90 Å². The first-order valence-electron chi connectivity index (χ1n) is 6.20. The molecule has 1 N–H and O–H groups in total. The molecule has 4 heteroatoms. The van der Waals surface area contributed by atoms with Gasteiger partial charge in [-0.3, -0.25) is 4.79 Å². The van der Waals surface area contributed by atoms with Crippen molar-refractivity contribution in [1.29, 1.82) is 0 Å². The van der Waals surface area contributed by atoms with Crippen LogP contribution in [0.5, 0.6) is 5.75 Å². The summed E-state index contributed by atoms with van der Waals surface area (Å²) in [5, 5.41) is 9.42. The lowest BCUT2D eigenvalue weighted by molar-refractivity contribution is -0.144. The summed E-state index contributed by atoms with van der Waals surface area (Å²) in [6.07, 6.45) is 2.61. The van der Waals surface area contributed by atoms with Gasteiger partial charge in [-0.1, -0.05) is 12.1 Å². The van der Waals surface area contributed by atoms with E-state index in [-0.39, 0.29) is 6.10 Å². The fourth-order valence-corrected chi connectivity index (χ4v) is 2.38. The van der Waals surface area contributed by atoms with Gasteiger partial charge >= 0.3 is 5.97 Å². The molecule has 0 radical (unpaired) electrons. The molecule has 0 aromatic heterocycles. The average Bonchev–Trinajstić information content (AvgIpc) is 2.40. The Kier molecular flexibility index (Phi) is 4.20. The minimum atomic E-state index is -0.838. The summed E-state index contributed by atoms with van der Waals surface area (Å²) in [6.45, 7) is 0.651. The van der Waals surface area contributed by atoms with E-state index in [1.165, 1.54) is 0 Å². The highest BCUT2D eigenvalue weighted by atomic mass is 16.5. The Labute approximate surface area is 107 Å². The maximum Gasteiger partial charge on any atom is 0.313 e. The number of hydrogen-bond donors (Lipinski definition) is 1. The number of carboxylic acid groups (broad SMARTS) is 1. The van der Waals surface area contributed by atoms with Crippen LogP contribution in [-0.2, 0) is 9.53 Å². The minimum absolute atomic E-state index is 0.233. The summed E-state index contributed by atoms with van der Waals surface area (Å²) in [7, 11) is 1.58. The molecule has 1 heterocycles. The number of aliphatic carboxylic acids is 1. The minimum Gasteiger partial charge on any atom is -0.497 e. The SMILES string of the molecule is COc1cccc(C(C(=O)O)C2CCCCO2)c1. The smallest absolute Gasteiger partial charge is 0.313 e. The van der Waals surface area contributed by atoms with E-state index < -0.39 is 11.9 Å². The lowest BCUT2D eigenvalue weighted by Crippen LogP contribution is -2.31. The number of carbonyl (C=O) groups is 1. The van der Waals surface area contributed by atoms with Gasteiger partial charge in [0.2, 0.25) is 0 Å². The summed E-state index contributed by atoms with van der Waals surface area (Å²) in [5.41, 5.74) is 0.744. The van der Waals surface area contributed by atoms with Crippen LogP contribution in [0.15, 0.2) is 24.3 Å². The lowest BCUT2D eigenvalue weighted by Gasteiger charge is -2.28. The molecular formula is C14H18O4. The van der Waals surface area contributed by atoms with Crippen LogP contribution in [-0.4, -0.2) is 30.9 Å². The van der Waals surface area contributed by atoms with Gasteiger partial charge in [-0.15, -0.1) is 0 Å². The zero-order valence-electron chi connectivity index (χ0n) is 10.5.